The van der Waals surface area contributed by atoms with Crippen LogP contribution in [0.1, 0.15) is 5.56 Å². The van der Waals surface area contributed by atoms with E-state index < -0.39 is 38.6 Å². The molecule has 1 atom stereocenters. The van der Waals surface area contributed by atoms with Crippen molar-refractivity contribution >= 4 is 10.0 Å². The Hall–Kier alpha value is -2.21. The van der Waals surface area contributed by atoms with Gasteiger partial charge < -0.3 is 9.84 Å². The van der Waals surface area contributed by atoms with Gasteiger partial charge in [-0.1, -0.05) is 24.3 Å². The van der Waals surface area contributed by atoms with Gasteiger partial charge in [0, 0.05) is 32.7 Å². The minimum atomic E-state index is -4.78. The number of aliphatic hydroxyl groups excluding tert-OH is 1. The van der Waals surface area contributed by atoms with Gasteiger partial charge in [0.25, 0.3) is 0 Å². The molecule has 6 nitrogen and oxygen atoms in total. The van der Waals surface area contributed by atoms with Crippen molar-refractivity contribution in [2.75, 3.05) is 39.3 Å². The molecule has 2 aromatic carbocycles. The summed E-state index contributed by atoms with van der Waals surface area (Å²) < 4.78 is 85.0. The van der Waals surface area contributed by atoms with Crippen LogP contribution < -0.4 is 4.74 Å². The van der Waals surface area contributed by atoms with Gasteiger partial charge in [0.05, 0.1) is 10.5 Å². The Labute approximate surface area is 177 Å². The van der Waals surface area contributed by atoms with Crippen molar-refractivity contribution in [3.8, 4) is 5.75 Å². The van der Waals surface area contributed by atoms with Gasteiger partial charge in [0.1, 0.15) is 12.7 Å². The van der Waals surface area contributed by atoms with Gasteiger partial charge in [0.2, 0.25) is 10.0 Å². The summed E-state index contributed by atoms with van der Waals surface area (Å²) in [5.74, 6) is -0.534. The Morgan fingerprint density at radius 2 is 1.61 bits per heavy atom. The molecule has 1 aliphatic rings. The monoisotopic (exact) mass is 462 g/mol. The van der Waals surface area contributed by atoms with Gasteiger partial charge in [-0.3, -0.25) is 4.90 Å². The van der Waals surface area contributed by atoms with Gasteiger partial charge in [-0.05, 0) is 24.3 Å². The number of nitrogens with zero attached hydrogens (tertiary/aromatic N) is 2. The van der Waals surface area contributed by atoms with E-state index in [0.29, 0.717) is 0 Å². The first-order valence-electron chi connectivity index (χ1n) is 9.53. The van der Waals surface area contributed by atoms with E-state index in [1.807, 2.05) is 0 Å². The predicted octanol–water partition coefficient (Wildman–Crippen LogP) is 2.59. The second-order valence-corrected chi connectivity index (χ2v) is 9.00. The van der Waals surface area contributed by atoms with E-state index >= 15 is 0 Å². The smallest absolute Gasteiger partial charge is 0.417 e. The van der Waals surface area contributed by atoms with Crippen molar-refractivity contribution in [2.45, 2.75) is 17.2 Å². The number of para-hydroxylation sites is 1. The van der Waals surface area contributed by atoms with Crippen LogP contribution in [-0.4, -0.2) is 68.2 Å². The molecule has 31 heavy (non-hydrogen) atoms. The molecule has 0 aromatic heterocycles. The zero-order valence-corrected chi connectivity index (χ0v) is 17.2. The maximum Gasteiger partial charge on any atom is 0.417 e. The van der Waals surface area contributed by atoms with Gasteiger partial charge in [-0.2, -0.15) is 17.5 Å². The molecule has 0 radical (unpaired) electrons. The van der Waals surface area contributed by atoms with Crippen molar-refractivity contribution in [1.82, 2.24) is 9.21 Å². The van der Waals surface area contributed by atoms with Gasteiger partial charge >= 0.3 is 6.18 Å². The standard InChI is InChI=1S/C20H22F4N2O4S/c21-17-6-2-3-7-18(17)30-14-15(27)13-25-9-11-26(12-10-25)31(28,29)19-8-4-1-5-16(19)20(22,23)24/h1-8,15,27H,9-14H2. The van der Waals surface area contributed by atoms with Crippen LogP contribution in [0.15, 0.2) is 53.4 Å². The molecule has 1 saturated heterocycles. The van der Waals surface area contributed by atoms with Crippen LogP contribution in [0.2, 0.25) is 0 Å². The van der Waals surface area contributed by atoms with Crippen LogP contribution in [0.25, 0.3) is 0 Å². The van der Waals surface area contributed by atoms with Crippen molar-refractivity contribution in [3.63, 3.8) is 0 Å². The maximum atomic E-state index is 13.5. The Bertz CT molecular complexity index is 993. The lowest BCUT2D eigenvalue weighted by Gasteiger charge is -2.35. The van der Waals surface area contributed by atoms with E-state index in [4.69, 9.17) is 4.74 Å². The van der Waals surface area contributed by atoms with Crippen LogP contribution >= 0.6 is 0 Å². The highest BCUT2D eigenvalue weighted by atomic mass is 32.2. The lowest BCUT2D eigenvalue weighted by molar-refractivity contribution is -0.139. The second-order valence-electron chi connectivity index (χ2n) is 7.09. The quantitative estimate of drug-likeness (QED) is 0.641. The van der Waals surface area contributed by atoms with Crippen LogP contribution in [0.5, 0.6) is 5.75 Å². The Morgan fingerprint density at radius 1 is 1.00 bits per heavy atom. The molecule has 170 valence electrons. The average Bonchev–Trinajstić information content (AvgIpc) is 2.73. The predicted molar refractivity (Wildman–Crippen MR) is 105 cm³/mol. The lowest BCUT2D eigenvalue weighted by Crippen LogP contribution is -2.51. The molecule has 0 saturated carbocycles. The molecule has 3 rings (SSSR count). The highest BCUT2D eigenvalue weighted by Gasteiger charge is 2.39. The van der Waals surface area contributed by atoms with Crippen LogP contribution in [0.3, 0.4) is 0 Å². The molecule has 0 aliphatic carbocycles. The molecule has 1 unspecified atom stereocenters. The van der Waals surface area contributed by atoms with Crippen LogP contribution in [0, 0.1) is 5.82 Å². The van der Waals surface area contributed by atoms with Crippen molar-refractivity contribution < 1.29 is 35.8 Å². The van der Waals surface area contributed by atoms with E-state index in [0.717, 1.165) is 22.5 Å². The van der Waals surface area contributed by atoms with Crippen molar-refractivity contribution in [3.05, 3.63) is 59.9 Å². The fourth-order valence-corrected chi connectivity index (χ4v) is 4.95. The van der Waals surface area contributed by atoms with Crippen molar-refractivity contribution in [2.24, 2.45) is 0 Å². The number of sulfonamides is 1. The Kier molecular flexibility index (Phi) is 7.20. The topological polar surface area (TPSA) is 70.1 Å². The molecule has 1 heterocycles. The molecule has 2 aromatic rings. The number of hydrogen-bond acceptors (Lipinski definition) is 5. The first-order valence-corrected chi connectivity index (χ1v) is 11.0. The lowest BCUT2D eigenvalue weighted by atomic mass is 10.2. The van der Waals surface area contributed by atoms with Crippen molar-refractivity contribution in [1.29, 1.82) is 0 Å². The minimum Gasteiger partial charge on any atom is -0.488 e. The fourth-order valence-electron chi connectivity index (χ4n) is 3.32. The summed E-state index contributed by atoms with van der Waals surface area (Å²) in [7, 11) is -4.32. The molecule has 0 bridgehead atoms. The molecular formula is C20H22F4N2O4S. The molecule has 0 spiro atoms. The maximum absolute atomic E-state index is 13.5. The minimum absolute atomic E-state index is 0.0146. The summed E-state index contributed by atoms with van der Waals surface area (Å²) >= 11 is 0. The highest BCUT2D eigenvalue weighted by Crippen LogP contribution is 2.35. The van der Waals surface area contributed by atoms with E-state index in [1.165, 1.54) is 24.3 Å². The number of halogens is 4. The Morgan fingerprint density at radius 3 is 2.26 bits per heavy atom. The first-order chi connectivity index (χ1) is 14.6. The normalized spacial score (nSPS) is 17.5. The van der Waals surface area contributed by atoms with Crippen LogP contribution in [-0.2, 0) is 16.2 Å². The number of aliphatic hydroxyl groups is 1. The summed E-state index contributed by atoms with van der Waals surface area (Å²) in [4.78, 5) is 1.01. The van der Waals surface area contributed by atoms with Gasteiger partial charge in [0.15, 0.2) is 11.6 Å². The number of benzene rings is 2. The van der Waals surface area contributed by atoms with E-state index in [1.54, 1.807) is 11.0 Å². The molecule has 1 aliphatic heterocycles. The zero-order chi connectivity index (χ0) is 22.6. The number of piperazine rings is 1. The summed E-state index contributed by atoms with van der Waals surface area (Å²) in [5.41, 5.74) is -1.20. The van der Waals surface area contributed by atoms with Crippen LogP contribution in [0.4, 0.5) is 17.6 Å². The third kappa shape index (κ3) is 5.73. The molecular weight excluding hydrogens is 440 g/mol. The summed E-state index contributed by atoms with van der Waals surface area (Å²) in [5, 5.41) is 10.1. The molecule has 0 amide bonds. The zero-order valence-electron chi connectivity index (χ0n) is 16.4. The van der Waals surface area contributed by atoms with E-state index in [9.17, 15) is 31.1 Å². The summed E-state index contributed by atoms with van der Waals surface area (Å²) in [6, 6.07) is 9.88. The molecule has 11 heteroatoms. The molecule has 1 N–H and O–H groups in total. The molecule has 1 fully saturated rings. The van der Waals surface area contributed by atoms with Gasteiger partial charge in [-0.15, -0.1) is 0 Å². The number of alkyl halides is 3. The highest BCUT2D eigenvalue weighted by molar-refractivity contribution is 7.89. The second kappa shape index (κ2) is 9.51. The van der Waals surface area contributed by atoms with E-state index in [2.05, 4.69) is 0 Å². The number of ether oxygens (including phenoxy) is 1. The third-order valence-electron chi connectivity index (χ3n) is 4.88. The Balaban J connectivity index is 1.56. The summed E-state index contributed by atoms with van der Waals surface area (Å²) in [6.45, 7) is 0.416. The van der Waals surface area contributed by atoms with Gasteiger partial charge in [-0.25, -0.2) is 12.8 Å². The van der Waals surface area contributed by atoms with E-state index in [-0.39, 0.29) is 45.1 Å². The average molecular weight is 462 g/mol. The largest absolute Gasteiger partial charge is 0.488 e. The first kappa shape index (κ1) is 23.5. The SMILES string of the molecule is O=S(=O)(c1ccccc1C(F)(F)F)N1CCN(CC(O)COc2ccccc2F)CC1. The number of hydrogen-bond donors (Lipinski definition) is 1. The fraction of sp³-hybridized carbons (Fsp3) is 0.400. The number of rotatable bonds is 7. The number of β-amino-alcohol motifs (C(OH)–C–C–N with tert-alkyl or cyclic N) is 1. The third-order valence-corrected chi connectivity index (χ3v) is 6.84. The summed E-state index contributed by atoms with van der Waals surface area (Å²) in [6.07, 6.45) is -5.73.